The fraction of sp³-hybridized carbons (Fsp3) is 0.318. The van der Waals surface area contributed by atoms with Gasteiger partial charge in [-0.15, -0.1) is 0 Å². The van der Waals surface area contributed by atoms with Crippen molar-refractivity contribution in [3.05, 3.63) is 61.4 Å². The largest absolute Gasteiger partial charge is 0.491 e. The van der Waals surface area contributed by atoms with Crippen LogP contribution >= 0.6 is 0 Å². The number of rotatable bonds is 4. The van der Waals surface area contributed by atoms with Gasteiger partial charge in [0.05, 0.1) is 40.4 Å². The first kappa shape index (κ1) is 20.1. The van der Waals surface area contributed by atoms with E-state index in [0.717, 1.165) is 0 Å². The summed E-state index contributed by atoms with van der Waals surface area (Å²) in [4.78, 5) is 41.2. The van der Waals surface area contributed by atoms with Crippen LogP contribution in [0.2, 0.25) is 0 Å². The van der Waals surface area contributed by atoms with Crippen molar-refractivity contribution in [3.8, 4) is 17.1 Å². The lowest BCUT2D eigenvalue weighted by atomic mass is 9.85. The van der Waals surface area contributed by atoms with E-state index in [4.69, 9.17) is 9.47 Å². The van der Waals surface area contributed by atoms with Crippen molar-refractivity contribution >= 4 is 22.6 Å². The van der Waals surface area contributed by atoms with Crippen LogP contribution in [0.25, 0.3) is 22.3 Å². The van der Waals surface area contributed by atoms with Gasteiger partial charge in [-0.3, -0.25) is 19.5 Å². The molecule has 0 saturated carbocycles. The molecule has 0 spiro atoms. The maximum Gasteiger partial charge on any atom is 0.343 e. The molecule has 1 atom stereocenters. The van der Waals surface area contributed by atoms with Crippen molar-refractivity contribution in [2.75, 3.05) is 6.61 Å². The molecule has 1 N–H and O–H groups in total. The third-order valence-electron chi connectivity index (χ3n) is 6.06. The summed E-state index contributed by atoms with van der Waals surface area (Å²) in [6, 6.07) is 6.11. The van der Waals surface area contributed by atoms with E-state index in [9.17, 15) is 24.8 Å². The maximum absolute atomic E-state index is 13.4. The van der Waals surface area contributed by atoms with E-state index >= 15 is 0 Å². The summed E-state index contributed by atoms with van der Waals surface area (Å²) in [6.07, 6.45) is 0.00345. The highest BCUT2D eigenvalue weighted by Gasteiger charge is 2.48. The second kappa shape index (κ2) is 6.86. The fourth-order valence-electron chi connectivity index (χ4n) is 4.49. The minimum atomic E-state index is -2.01. The number of aliphatic hydroxyl groups is 1. The van der Waals surface area contributed by atoms with Gasteiger partial charge in [-0.2, -0.15) is 0 Å². The van der Waals surface area contributed by atoms with Crippen molar-refractivity contribution in [3.63, 3.8) is 0 Å². The third-order valence-corrected chi connectivity index (χ3v) is 6.06. The number of nitrogens with zero attached hydrogens (tertiary/aromatic N) is 3. The van der Waals surface area contributed by atoms with Gasteiger partial charge in [0.25, 0.3) is 11.2 Å². The van der Waals surface area contributed by atoms with Gasteiger partial charge in [-0.05, 0) is 25.5 Å². The van der Waals surface area contributed by atoms with Gasteiger partial charge >= 0.3 is 5.97 Å². The number of carbonyl (C=O) groups is 1. The lowest BCUT2D eigenvalue weighted by Crippen LogP contribution is -2.45. The molecule has 4 heterocycles. The minimum absolute atomic E-state index is 0.00345. The molecule has 2 aliphatic heterocycles. The summed E-state index contributed by atoms with van der Waals surface area (Å²) in [6.45, 7) is 3.56. The Balaban J connectivity index is 1.83. The SMILES string of the molecule is CCOc1c2c(c(=O)n3c1-c1nc4ccc([N+](=O)[O-])cc4cc1C3)COC(=O)[C@]2(O)CC. The average molecular weight is 437 g/mol. The predicted octanol–water partition coefficient (Wildman–Crippen LogP) is 2.39. The molecule has 32 heavy (non-hydrogen) atoms. The predicted molar refractivity (Wildman–Crippen MR) is 112 cm³/mol. The molecule has 2 aliphatic rings. The van der Waals surface area contributed by atoms with Gasteiger partial charge in [0.1, 0.15) is 12.3 Å². The molecule has 5 rings (SSSR count). The number of carbonyl (C=O) groups excluding carboxylic acids is 1. The highest BCUT2D eigenvalue weighted by atomic mass is 16.6. The number of benzene rings is 1. The van der Waals surface area contributed by atoms with E-state index in [1.807, 2.05) is 0 Å². The number of pyridine rings is 2. The zero-order valence-electron chi connectivity index (χ0n) is 17.4. The number of fused-ring (bicyclic) bond motifs is 5. The number of aromatic nitrogens is 2. The van der Waals surface area contributed by atoms with Crippen molar-refractivity contribution in [2.24, 2.45) is 0 Å². The Labute approximate surface area is 181 Å². The van der Waals surface area contributed by atoms with Crippen molar-refractivity contribution in [1.29, 1.82) is 0 Å². The molecule has 0 amide bonds. The Morgan fingerprint density at radius 2 is 2.09 bits per heavy atom. The van der Waals surface area contributed by atoms with Crippen molar-refractivity contribution in [1.82, 2.24) is 9.55 Å². The first-order valence-corrected chi connectivity index (χ1v) is 10.2. The molecule has 164 valence electrons. The van der Waals surface area contributed by atoms with Crippen LogP contribution in [0.4, 0.5) is 5.69 Å². The number of ether oxygens (including phenoxy) is 2. The molecule has 0 fully saturated rings. The van der Waals surface area contributed by atoms with Crippen molar-refractivity contribution in [2.45, 2.75) is 39.0 Å². The Kier molecular flexibility index (Phi) is 4.31. The summed E-state index contributed by atoms with van der Waals surface area (Å²) in [7, 11) is 0. The van der Waals surface area contributed by atoms with Crippen LogP contribution in [0.3, 0.4) is 0 Å². The van der Waals surface area contributed by atoms with Crippen LogP contribution in [-0.4, -0.2) is 32.2 Å². The topological polar surface area (TPSA) is 134 Å². The Morgan fingerprint density at radius 1 is 1.31 bits per heavy atom. The fourth-order valence-corrected chi connectivity index (χ4v) is 4.49. The summed E-state index contributed by atoms with van der Waals surface area (Å²) in [5.74, 6) is -0.592. The molecule has 1 aromatic carbocycles. The minimum Gasteiger partial charge on any atom is -0.491 e. The molecule has 2 aromatic heterocycles. The molecule has 0 bridgehead atoms. The summed E-state index contributed by atoms with van der Waals surface area (Å²) >= 11 is 0. The number of esters is 1. The zero-order valence-corrected chi connectivity index (χ0v) is 17.4. The second-order valence-electron chi connectivity index (χ2n) is 7.78. The molecule has 10 nitrogen and oxygen atoms in total. The molecular formula is C22H19N3O7. The molecule has 0 radical (unpaired) electrons. The van der Waals surface area contributed by atoms with Crippen LogP contribution in [0, 0.1) is 10.1 Å². The van der Waals surface area contributed by atoms with Gasteiger partial charge in [-0.1, -0.05) is 6.92 Å². The molecule has 0 aliphatic carbocycles. The molecule has 10 heteroatoms. The van der Waals surface area contributed by atoms with Gasteiger partial charge < -0.3 is 14.6 Å². The van der Waals surface area contributed by atoms with Crippen molar-refractivity contribution < 1.29 is 24.3 Å². The first-order chi connectivity index (χ1) is 15.3. The van der Waals surface area contributed by atoms with Gasteiger partial charge in [0.2, 0.25) is 0 Å². The van der Waals surface area contributed by atoms with Gasteiger partial charge in [0.15, 0.2) is 11.4 Å². The first-order valence-electron chi connectivity index (χ1n) is 10.2. The van der Waals surface area contributed by atoms with E-state index in [0.29, 0.717) is 27.9 Å². The zero-order chi connectivity index (χ0) is 22.8. The van der Waals surface area contributed by atoms with Crippen LogP contribution in [0.1, 0.15) is 37.0 Å². The third kappa shape index (κ3) is 2.59. The van der Waals surface area contributed by atoms with E-state index in [2.05, 4.69) is 4.98 Å². The Hall–Kier alpha value is -3.79. The van der Waals surface area contributed by atoms with E-state index in [-0.39, 0.29) is 48.7 Å². The summed E-state index contributed by atoms with van der Waals surface area (Å²) in [5.41, 5.74) is -0.0905. The van der Waals surface area contributed by atoms with E-state index in [1.165, 1.54) is 16.7 Å². The van der Waals surface area contributed by atoms with E-state index < -0.39 is 22.1 Å². The molecule has 0 saturated heterocycles. The molecule has 0 unspecified atom stereocenters. The van der Waals surface area contributed by atoms with Crippen LogP contribution in [-0.2, 0) is 28.3 Å². The summed E-state index contributed by atoms with van der Waals surface area (Å²) in [5, 5.41) is 22.9. The average Bonchev–Trinajstić information content (AvgIpc) is 3.15. The van der Waals surface area contributed by atoms with Gasteiger partial charge in [0, 0.05) is 23.1 Å². The van der Waals surface area contributed by atoms with Crippen LogP contribution < -0.4 is 10.3 Å². The number of hydrogen-bond acceptors (Lipinski definition) is 8. The summed E-state index contributed by atoms with van der Waals surface area (Å²) < 4.78 is 12.5. The highest BCUT2D eigenvalue weighted by molar-refractivity contribution is 5.89. The number of cyclic esters (lactones) is 1. The number of nitro groups is 1. The normalized spacial score (nSPS) is 18.7. The number of nitro benzene ring substituents is 1. The molecular weight excluding hydrogens is 418 g/mol. The molecule has 3 aromatic rings. The quantitative estimate of drug-likeness (QED) is 0.292. The number of hydrogen-bond donors (Lipinski definition) is 1. The maximum atomic E-state index is 13.4. The monoisotopic (exact) mass is 437 g/mol. The standard InChI is InChI=1S/C22H19N3O7/c1-3-22(28)16-14(10-32-21(22)27)20(26)24-9-12-7-11-8-13(25(29)30)5-6-15(11)23-17(12)18(24)19(16)31-4-2/h5-8,28H,3-4,9-10H2,1-2H3/t22-/m0/s1. The lowest BCUT2D eigenvalue weighted by molar-refractivity contribution is -0.384. The van der Waals surface area contributed by atoms with E-state index in [1.54, 1.807) is 26.0 Å². The van der Waals surface area contributed by atoms with Gasteiger partial charge in [-0.25, -0.2) is 9.78 Å². The smallest absolute Gasteiger partial charge is 0.343 e. The van der Waals surface area contributed by atoms with Crippen LogP contribution in [0.15, 0.2) is 29.1 Å². The Morgan fingerprint density at radius 3 is 2.78 bits per heavy atom. The van der Waals surface area contributed by atoms with Crippen LogP contribution in [0.5, 0.6) is 5.75 Å². The lowest BCUT2D eigenvalue weighted by Gasteiger charge is -2.33. The highest BCUT2D eigenvalue weighted by Crippen LogP contribution is 2.46. The Bertz CT molecular complexity index is 1390. The number of non-ortho nitro benzene ring substituents is 1. The second-order valence-corrected chi connectivity index (χ2v) is 7.78.